The van der Waals surface area contributed by atoms with Gasteiger partial charge in [0, 0.05) is 12.6 Å². The number of aryl methyl sites for hydroxylation is 2. The molecule has 1 aromatic rings. The second-order valence-corrected chi connectivity index (χ2v) is 4.98. The minimum Gasteiger partial charge on any atom is -0.493 e. The second kappa shape index (κ2) is 9.61. The van der Waals surface area contributed by atoms with Gasteiger partial charge in [-0.2, -0.15) is 0 Å². The molecule has 1 rings (SSSR count). The summed E-state index contributed by atoms with van der Waals surface area (Å²) in [6.07, 6.45) is 1.16. The van der Waals surface area contributed by atoms with E-state index in [4.69, 9.17) is 10.5 Å². The van der Waals surface area contributed by atoms with Crippen molar-refractivity contribution in [3.63, 3.8) is 0 Å². The number of carbonyl (C=O) groups excluding carboxylic acids is 1. The highest BCUT2D eigenvalue weighted by molar-refractivity contribution is 5.85. The van der Waals surface area contributed by atoms with Crippen molar-refractivity contribution in [2.24, 2.45) is 5.73 Å². The highest BCUT2D eigenvalue weighted by Crippen LogP contribution is 2.19. The molecule has 0 radical (unpaired) electrons. The third-order valence-corrected chi connectivity index (χ3v) is 2.85. The van der Waals surface area contributed by atoms with E-state index in [2.05, 4.69) is 5.32 Å². The van der Waals surface area contributed by atoms with Gasteiger partial charge in [-0.25, -0.2) is 0 Å². The molecule has 1 unspecified atom stereocenters. The van der Waals surface area contributed by atoms with Gasteiger partial charge in [-0.05, 0) is 44.4 Å². The van der Waals surface area contributed by atoms with Crippen molar-refractivity contribution in [1.82, 2.24) is 5.32 Å². The SMILES string of the molecule is Cc1ccc(C)c(OCCC(=O)NCCC(C)N)c1.Cl. The Hall–Kier alpha value is -1.26. The van der Waals surface area contributed by atoms with Crippen LogP contribution in [0.3, 0.4) is 0 Å². The summed E-state index contributed by atoms with van der Waals surface area (Å²) in [4.78, 5) is 11.5. The summed E-state index contributed by atoms with van der Waals surface area (Å²) in [5, 5.41) is 2.83. The molecule has 20 heavy (non-hydrogen) atoms. The first kappa shape index (κ1) is 18.7. The maximum atomic E-state index is 11.5. The van der Waals surface area contributed by atoms with Crippen LogP contribution in [0.5, 0.6) is 5.75 Å². The molecule has 0 saturated carbocycles. The molecule has 1 amide bonds. The van der Waals surface area contributed by atoms with Crippen molar-refractivity contribution < 1.29 is 9.53 Å². The topological polar surface area (TPSA) is 64.3 Å². The fourth-order valence-corrected chi connectivity index (χ4v) is 1.64. The molecule has 0 aliphatic rings. The number of rotatable bonds is 7. The number of amides is 1. The Labute approximate surface area is 127 Å². The van der Waals surface area contributed by atoms with Crippen LogP contribution in [0.2, 0.25) is 0 Å². The van der Waals surface area contributed by atoms with Gasteiger partial charge >= 0.3 is 0 Å². The van der Waals surface area contributed by atoms with Crippen LogP contribution in [0.15, 0.2) is 18.2 Å². The minimum absolute atomic E-state index is 0. The van der Waals surface area contributed by atoms with Crippen LogP contribution in [-0.2, 0) is 4.79 Å². The monoisotopic (exact) mass is 300 g/mol. The first-order valence-electron chi connectivity index (χ1n) is 6.71. The standard InChI is InChI=1S/C15H24N2O2.ClH/c1-11-4-5-12(2)14(10-11)19-9-7-15(18)17-8-6-13(3)16;/h4-5,10,13H,6-9,16H2,1-3H3,(H,17,18);1H. The summed E-state index contributed by atoms with van der Waals surface area (Å²) in [6, 6.07) is 6.17. The van der Waals surface area contributed by atoms with Crippen LogP contribution in [0.25, 0.3) is 0 Å². The van der Waals surface area contributed by atoms with E-state index in [0.717, 1.165) is 23.3 Å². The molecular formula is C15H25ClN2O2. The van der Waals surface area contributed by atoms with Gasteiger partial charge in [0.15, 0.2) is 0 Å². The van der Waals surface area contributed by atoms with Gasteiger partial charge in [0.05, 0.1) is 13.0 Å². The van der Waals surface area contributed by atoms with Crippen molar-refractivity contribution in [3.05, 3.63) is 29.3 Å². The number of nitrogens with one attached hydrogen (secondary N) is 1. The summed E-state index contributed by atoms with van der Waals surface area (Å²) in [7, 11) is 0. The summed E-state index contributed by atoms with van der Waals surface area (Å²) in [6.45, 7) is 6.97. The van der Waals surface area contributed by atoms with Gasteiger partial charge in [0.25, 0.3) is 0 Å². The largest absolute Gasteiger partial charge is 0.493 e. The number of ether oxygens (including phenoxy) is 1. The Bertz CT molecular complexity index is 422. The molecule has 0 aliphatic carbocycles. The fraction of sp³-hybridized carbons (Fsp3) is 0.533. The van der Waals surface area contributed by atoms with Crippen molar-refractivity contribution >= 4 is 18.3 Å². The van der Waals surface area contributed by atoms with E-state index < -0.39 is 0 Å². The van der Waals surface area contributed by atoms with E-state index in [0.29, 0.717) is 19.6 Å². The summed E-state index contributed by atoms with van der Waals surface area (Å²) in [5.74, 6) is 0.856. The Kier molecular flexibility index (Phi) is 9.01. The Morgan fingerprint density at radius 3 is 2.75 bits per heavy atom. The molecule has 0 fully saturated rings. The number of halogens is 1. The molecule has 5 heteroatoms. The summed E-state index contributed by atoms with van der Waals surface area (Å²) < 4.78 is 5.63. The van der Waals surface area contributed by atoms with Crippen LogP contribution in [0.1, 0.15) is 30.9 Å². The van der Waals surface area contributed by atoms with Crippen LogP contribution in [0.4, 0.5) is 0 Å². The molecule has 0 saturated heterocycles. The maximum Gasteiger partial charge on any atom is 0.223 e. The predicted octanol–water partition coefficient (Wildman–Crippen LogP) is 2.35. The lowest BCUT2D eigenvalue weighted by molar-refractivity contribution is -0.121. The number of hydrogen-bond acceptors (Lipinski definition) is 3. The van der Waals surface area contributed by atoms with Crippen LogP contribution in [0, 0.1) is 13.8 Å². The van der Waals surface area contributed by atoms with Gasteiger partial charge in [-0.1, -0.05) is 12.1 Å². The Balaban J connectivity index is 0.00000361. The molecule has 0 aromatic heterocycles. The third-order valence-electron chi connectivity index (χ3n) is 2.85. The molecule has 0 heterocycles. The highest BCUT2D eigenvalue weighted by Gasteiger charge is 2.04. The van der Waals surface area contributed by atoms with Gasteiger partial charge in [0.1, 0.15) is 5.75 Å². The summed E-state index contributed by atoms with van der Waals surface area (Å²) >= 11 is 0. The molecule has 4 nitrogen and oxygen atoms in total. The zero-order valence-electron chi connectivity index (χ0n) is 12.4. The zero-order valence-corrected chi connectivity index (χ0v) is 13.3. The van der Waals surface area contributed by atoms with Crippen molar-refractivity contribution in [2.45, 2.75) is 39.7 Å². The van der Waals surface area contributed by atoms with Crippen molar-refractivity contribution in [3.8, 4) is 5.75 Å². The highest BCUT2D eigenvalue weighted by atomic mass is 35.5. The van der Waals surface area contributed by atoms with E-state index >= 15 is 0 Å². The average molecular weight is 301 g/mol. The van der Waals surface area contributed by atoms with E-state index in [1.807, 2.05) is 39.0 Å². The summed E-state index contributed by atoms with van der Waals surface area (Å²) in [5.41, 5.74) is 7.85. The molecule has 3 N–H and O–H groups in total. The van der Waals surface area contributed by atoms with Crippen LogP contribution < -0.4 is 15.8 Å². The number of carbonyl (C=O) groups is 1. The molecule has 0 bridgehead atoms. The van der Waals surface area contributed by atoms with E-state index in [-0.39, 0.29) is 24.4 Å². The van der Waals surface area contributed by atoms with E-state index in [9.17, 15) is 4.79 Å². The molecule has 1 aromatic carbocycles. The van der Waals surface area contributed by atoms with Crippen LogP contribution >= 0.6 is 12.4 Å². The molecular weight excluding hydrogens is 276 g/mol. The van der Waals surface area contributed by atoms with Gasteiger partial charge in [-0.15, -0.1) is 12.4 Å². The van der Waals surface area contributed by atoms with E-state index in [1.54, 1.807) is 0 Å². The number of hydrogen-bond donors (Lipinski definition) is 2. The average Bonchev–Trinajstić information content (AvgIpc) is 2.33. The van der Waals surface area contributed by atoms with E-state index in [1.165, 1.54) is 0 Å². The number of nitrogens with two attached hydrogens (primary N) is 1. The molecule has 0 spiro atoms. The van der Waals surface area contributed by atoms with Crippen molar-refractivity contribution in [1.29, 1.82) is 0 Å². The Morgan fingerprint density at radius 2 is 2.10 bits per heavy atom. The lowest BCUT2D eigenvalue weighted by Gasteiger charge is -2.10. The number of benzene rings is 1. The first-order chi connectivity index (χ1) is 8.99. The second-order valence-electron chi connectivity index (χ2n) is 4.98. The smallest absolute Gasteiger partial charge is 0.223 e. The lowest BCUT2D eigenvalue weighted by Crippen LogP contribution is -2.29. The maximum absolute atomic E-state index is 11.5. The van der Waals surface area contributed by atoms with Crippen molar-refractivity contribution in [2.75, 3.05) is 13.2 Å². The molecule has 114 valence electrons. The minimum atomic E-state index is 0. The normalized spacial score (nSPS) is 11.4. The lowest BCUT2D eigenvalue weighted by atomic mass is 10.1. The zero-order chi connectivity index (χ0) is 14.3. The van der Waals surface area contributed by atoms with Gasteiger partial charge in [-0.3, -0.25) is 4.79 Å². The molecule has 1 atom stereocenters. The van der Waals surface area contributed by atoms with Gasteiger partial charge < -0.3 is 15.8 Å². The first-order valence-corrected chi connectivity index (χ1v) is 6.71. The third kappa shape index (κ3) is 7.36. The van der Waals surface area contributed by atoms with Gasteiger partial charge in [0.2, 0.25) is 5.91 Å². The molecule has 0 aliphatic heterocycles. The quantitative estimate of drug-likeness (QED) is 0.812. The van der Waals surface area contributed by atoms with Crippen LogP contribution in [-0.4, -0.2) is 25.1 Å². The fourth-order valence-electron chi connectivity index (χ4n) is 1.64. The predicted molar refractivity (Wildman–Crippen MR) is 84.6 cm³/mol. The Morgan fingerprint density at radius 1 is 1.40 bits per heavy atom.